The Morgan fingerprint density at radius 3 is 2.79 bits per heavy atom. The molecule has 0 bridgehead atoms. The van der Waals surface area contributed by atoms with Gasteiger partial charge in [0.1, 0.15) is 5.82 Å². The molecule has 0 spiro atoms. The molecular weight excluding hydrogens is 249 g/mol. The molecule has 1 fully saturated rings. The van der Waals surface area contributed by atoms with Gasteiger partial charge in [0.15, 0.2) is 0 Å². The number of carbonyl (C=O) groups excluding carboxylic acids is 2. The number of likely N-dealkylation sites (tertiary alicyclic amines) is 1. The number of rotatable bonds is 2. The van der Waals surface area contributed by atoms with E-state index in [0.29, 0.717) is 19.4 Å². The Hall–Kier alpha value is -2.11. The van der Waals surface area contributed by atoms with Crippen LogP contribution in [0.3, 0.4) is 0 Å². The molecule has 1 aromatic carbocycles. The molecule has 0 aliphatic carbocycles. The average Bonchev–Trinajstić information content (AvgIpc) is 2.41. The molecule has 1 unspecified atom stereocenters. The summed E-state index contributed by atoms with van der Waals surface area (Å²) in [6.07, 6.45) is 1.38. The molecule has 1 atom stereocenters. The van der Waals surface area contributed by atoms with Crippen LogP contribution in [-0.4, -0.2) is 29.8 Å². The second-order valence-corrected chi connectivity index (χ2v) is 4.72. The smallest absolute Gasteiger partial charge is 0.256 e. The molecule has 1 heterocycles. The van der Waals surface area contributed by atoms with E-state index in [9.17, 15) is 14.0 Å². The van der Waals surface area contributed by atoms with Crippen molar-refractivity contribution in [3.05, 3.63) is 29.6 Å². The summed E-state index contributed by atoms with van der Waals surface area (Å²) in [5, 5.41) is 0. The van der Waals surface area contributed by atoms with E-state index in [0.717, 1.165) is 6.07 Å². The number of hydrogen-bond acceptors (Lipinski definition) is 3. The zero-order valence-electron chi connectivity index (χ0n) is 10.4. The van der Waals surface area contributed by atoms with Gasteiger partial charge in [-0.05, 0) is 31.0 Å². The molecular formula is C13H16FN3O2. The monoisotopic (exact) mass is 265 g/mol. The lowest BCUT2D eigenvalue weighted by atomic mass is 9.96. The number of nitrogens with zero attached hydrogens (tertiary/aromatic N) is 1. The molecule has 1 aliphatic rings. The summed E-state index contributed by atoms with van der Waals surface area (Å²) in [4.78, 5) is 25.0. The SMILES string of the molecule is NC(=O)C1CCCN(C(=O)c2cc(F)ccc2N)C1. The van der Waals surface area contributed by atoms with E-state index in [1.165, 1.54) is 17.0 Å². The molecule has 1 aromatic rings. The zero-order chi connectivity index (χ0) is 14.0. The summed E-state index contributed by atoms with van der Waals surface area (Å²) in [7, 11) is 0. The van der Waals surface area contributed by atoms with Gasteiger partial charge < -0.3 is 16.4 Å². The Morgan fingerprint density at radius 1 is 1.37 bits per heavy atom. The van der Waals surface area contributed by atoms with Crippen LogP contribution >= 0.6 is 0 Å². The summed E-state index contributed by atoms with van der Waals surface area (Å²) < 4.78 is 13.2. The fourth-order valence-corrected chi connectivity index (χ4v) is 2.28. The Bertz CT molecular complexity index is 519. The maximum Gasteiger partial charge on any atom is 0.256 e. The summed E-state index contributed by atoms with van der Waals surface area (Å²) in [5.74, 6) is -1.62. The van der Waals surface area contributed by atoms with Gasteiger partial charge in [0, 0.05) is 18.8 Å². The fourth-order valence-electron chi connectivity index (χ4n) is 2.28. The van der Waals surface area contributed by atoms with Crippen LogP contribution in [0.15, 0.2) is 18.2 Å². The van der Waals surface area contributed by atoms with Crippen LogP contribution in [0.5, 0.6) is 0 Å². The summed E-state index contributed by atoms with van der Waals surface area (Å²) in [6, 6.07) is 3.68. The van der Waals surface area contributed by atoms with Crippen LogP contribution in [-0.2, 0) is 4.79 Å². The van der Waals surface area contributed by atoms with E-state index in [-0.39, 0.29) is 29.6 Å². The minimum absolute atomic E-state index is 0.130. The number of anilines is 1. The lowest BCUT2D eigenvalue weighted by molar-refractivity contribution is -0.123. The van der Waals surface area contributed by atoms with E-state index < -0.39 is 11.7 Å². The summed E-state index contributed by atoms with van der Waals surface area (Å²) >= 11 is 0. The Kier molecular flexibility index (Phi) is 3.69. The highest BCUT2D eigenvalue weighted by atomic mass is 19.1. The highest BCUT2D eigenvalue weighted by Crippen LogP contribution is 2.21. The van der Waals surface area contributed by atoms with Gasteiger partial charge >= 0.3 is 0 Å². The second kappa shape index (κ2) is 5.26. The summed E-state index contributed by atoms with van der Waals surface area (Å²) in [5.41, 5.74) is 11.3. The molecule has 19 heavy (non-hydrogen) atoms. The Labute approximate surface area is 110 Å². The first-order chi connectivity index (χ1) is 8.99. The van der Waals surface area contributed by atoms with Gasteiger partial charge in [0.25, 0.3) is 5.91 Å². The number of piperidine rings is 1. The Balaban J connectivity index is 2.19. The number of benzene rings is 1. The highest BCUT2D eigenvalue weighted by Gasteiger charge is 2.28. The van der Waals surface area contributed by atoms with Crippen molar-refractivity contribution >= 4 is 17.5 Å². The van der Waals surface area contributed by atoms with Crippen LogP contribution in [0.4, 0.5) is 10.1 Å². The lowest BCUT2D eigenvalue weighted by Gasteiger charge is -2.31. The molecule has 0 radical (unpaired) electrons. The quantitative estimate of drug-likeness (QED) is 0.773. The van der Waals surface area contributed by atoms with E-state index in [1.807, 2.05) is 0 Å². The molecule has 0 saturated carbocycles. The van der Waals surface area contributed by atoms with Crippen molar-refractivity contribution in [2.45, 2.75) is 12.8 Å². The maximum atomic E-state index is 13.2. The molecule has 2 amide bonds. The van der Waals surface area contributed by atoms with Gasteiger partial charge in [-0.25, -0.2) is 4.39 Å². The third-order valence-electron chi connectivity index (χ3n) is 3.36. The highest BCUT2D eigenvalue weighted by molar-refractivity contribution is 5.99. The molecule has 2 rings (SSSR count). The van der Waals surface area contributed by atoms with Crippen molar-refractivity contribution in [1.29, 1.82) is 0 Å². The predicted molar refractivity (Wildman–Crippen MR) is 68.6 cm³/mol. The van der Waals surface area contributed by atoms with Gasteiger partial charge in [-0.1, -0.05) is 0 Å². The average molecular weight is 265 g/mol. The number of amides is 2. The van der Waals surface area contributed by atoms with Crippen LogP contribution in [0.1, 0.15) is 23.2 Å². The van der Waals surface area contributed by atoms with Gasteiger partial charge in [-0.15, -0.1) is 0 Å². The first-order valence-electron chi connectivity index (χ1n) is 6.12. The number of hydrogen-bond donors (Lipinski definition) is 2. The van der Waals surface area contributed by atoms with Crippen molar-refractivity contribution in [1.82, 2.24) is 4.90 Å². The first-order valence-corrected chi connectivity index (χ1v) is 6.12. The van der Waals surface area contributed by atoms with Crippen LogP contribution < -0.4 is 11.5 Å². The molecule has 1 aliphatic heterocycles. The predicted octanol–water partition coefficient (Wildman–Crippen LogP) is 0.745. The van der Waals surface area contributed by atoms with Gasteiger partial charge in [-0.2, -0.15) is 0 Å². The van der Waals surface area contributed by atoms with Crippen molar-refractivity contribution < 1.29 is 14.0 Å². The minimum Gasteiger partial charge on any atom is -0.398 e. The molecule has 0 aromatic heterocycles. The molecule has 102 valence electrons. The lowest BCUT2D eigenvalue weighted by Crippen LogP contribution is -2.44. The maximum absolute atomic E-state index is 13.2. The van der Waals surface area contributed by atoms with Crippen molar-refractivity contribution in [3.63, 3.8) is 0 Å². The molecule has 1 saturated heterocycles. The van der Waals surface area contributed by atoms with Crippen LogP contribution in [0.2, 0.25) is 0 Å². The van der Waals surface area contributed by atoms with Crippen molar-refractivity contribution in [2.75, 3.05) is 18.8 Å². The van der Waals surface area contributed by atoms with Crippen molar-refractivity contribution in [3.8, 4) is 0 Å². The molecule has 6 heteroatoms. The second-order valence-electron chi connectivity index (χ2n) is 4.72. The van der Waals surface area contributed by atoms with Gasteiger partial charge in [0.2, 0.25) is 5.91 Å². The number of halogens is 1. The van der Waals surface area contributed by atoms with Gasteiger partial charge in [0.05, 0.1) is 11.5 Å². The normalized spacial score (nSPS) is 19.2. The number of nitrogen functional groups attached to an aromatic ring is 1. The van der Waals surface area contributed by atoms with Crippen molar-refractivity contribution in [2.24, 2.45) is 11.7 Å². The topological polar surface area (TPSA) is 89.4 Å². The zero-order valence-corrected chi connectivity index (χ0v) is 10.4. The van der Waals surface area contributed by atoms with E-state index in [4.69, 9.17) is 11.5 Å². The van der Waals surface area contributed by atoms with Crippen LogP contribution in [0, 0.1) is 11.7 Å². The third kappa shape index (κ3) is 2.83. The summed E-state index contributed by atoms with van der Waals surface area (Å²) in [6.45, 7) is 0.794. The Morgan fingerprint density at radius 2 is 2.11 bits per heavy atom. The molecule has 5 nitrogen and oxygen atoms in total. The van der Waals surface area contributed by atoms with Crippen LogP contribution in [0.25, 0.3) is 0 Å². The minimum atomic E-state index is -0.513. The fraction of sp³-hybridized carbons (Fsp3) is 0.385. The number of primary amides is 1. The van der Waals surface area contributed by atoms with E-state index >= 15 is 0 Å². The molecule has 4 N–H and O–H groups in total. The van der Waals surface area contributed by atoms with E-state index in [2.05, 4.69) is 0 Å². The largest absolute Gasteiger partial charge is 0.398 e. The number of carbonyl (C=O) groups is 2. The van der Waals surface area contributed by atoms with E-state index in [1.54, 1.807) is 0 Å². The standard InChI is InChI=1S/C13H16FN3O2/c14-9-3-4-11(15)10(6-9)13(19)17-5-1-2-8(7-17)12(16)18/h3-4,6,8H,1-2,5,7,15H2,(H2,16,18). The first kappa shape index (κ1) is 13.3. The third-order valence-corrected chi connectivity index (χ3v) is 3.36. The number of nitrogens with two attached hydrogens (primary N) is 2. The van der Waals surface area contributed by atoms with Gasteiger partial charge in [-0.3, -0.25) is 9.59 Å².